The van der Waals surface area contributed by atoms with Crippen LogP contribution in [-0.4, -0.2) is 62.5 Å². The summed E-state index contributed by atoms with van der Waals surface area (Å²) in [6, 6.07) is 7.85. The van der Waals surface area contributed by atoms with Crippen LogP contribution in [0.2, 0.25) is 5.02 Å². The molecule has 0 aromatic heterocycles. The van der Waals surface area contributed by atoms with Crippen molar-refractivity contribution in [2.24, 2.45) is 11.8 Å². The number of nitrogens with one attached hydrogen (secondary N) is 2. The van der Waals surface area contributed by atoms with E-state index in [1.165, 1.54) is 32.1 Å². The fourth-order valence-electron chi connectivity index (χ4n) is 5.99. The second kappa shape index (κ2) is 14.4. The highest BCUT2D eigenvalue weighted by atomic mass is 35.5. The molecule has 7 heteroatoms. The maximum atomic E-state index is 13.1. The maximum absolute atomic E-state index is 13.1. The largest absolute Gasteiger partial charge is 0.385 e. The van der Waals surface area contributed by atoms with E-state index in [9.17, 15) is 9.90 Å². The summed E-state index contributed by atoms with van der Waals surface area (Å²) >= 11 is 6.30. The molecule has 2 fully saturated rings. The van der Waals surface area contributed by atoms with Crippen molar-refractivity contribution in [2.75, 3.05) is 40.4 Å². The topological polar surface area (TPSA) is 73.8 Å². The number of methoxy groups -OCH3 is 1. The number of rotatable bonds is 12. The van der Waals surface area contributed by atoms with E-state index in [0.717, 1.165) is 50.1 Å². The van der Waals surface area contributed by atoms with Gasteiger partial charge in [0.2, 0.25) is 0 Å². The first kappa shape index (κ1) is 28.2. The van der Waals surface area contributed by atoms with Crippen molar-refractivity contribution in [3.63, 3.8) is 0 Å². The van der Waals surface area contributed by atoms with Gasteiger partial charge in [-0.05, 0) is 69.2 Å². The zero-order valence-electron chi connectivity index (χ0n) is 21.7. The van der Waals surface area contributed by atoms with Crippen LogP contribution in [0.5, 0.6) is 0 Å². The number of likely N-dealkylation sites (tertiary alicyclic amines) is 1. The SMILES string of the molecule is CNC(CNC(=O)N1CCCC(C(O)(CCCCOC)c2cccc(Cl)c2)C1)CC1CCCCC1. The minimum absolute atomic E-state index is 0.0218. The van der Waals surface area contributed by atoms with Crippen LogP contribution in [0.4, 0.5) is 4.79 Å². The van der Waals surface area contributed by atoms with E-state index in [0.29, 0.717) is 37.2 Å². The molecule has 3 atom stereocenters. The van der Waals surface area contributed by atoms with Crippen LogP contribution in [0, 0.1) is 11.8 Å². The van der Waals surface area contributed by atoms with E-state index in [1.807, 2.05) is 36.2 Å². The number of aliphatic hydroxyl groups is 1. The van der Waals surface area contributed by atoms with Crippen LogP contribution in [0.15, 0.2) is 24.3 Å². The smallest absolute Gasteiger partial charge is 0.317 e. The number of nitrogens with zero attached hydrogens (tertiary/aromatic N) is 1. The highest BCUT2D eigenvalue weighted by molar-refractivity contribution is 6.30. The average molecular weight is 508 g/mol. The van der Waals surface area contributed by atoms with Crippen molar-refractivity contribution >= 4 is 17.6 Å². The van der Waals surface area contributed by atoms with Gasteiger partial charge in [0.25, 0.3) is 0 Å². The van der Waals surface area contributed by atoms with Crippen molar-refractivity contribution in [3.8, 4) is 0 Å². The number of piperidine rings is 1. The van der Waals surface area contributed by atoms with Crippen molar-refractivity contribution in [1.82, 2.24) is 15.5 Å². The van der Waals surface area contributed by atoms with Gasteiger partial charge in [0.05, 0.1) is 5.60 Å². The Morgan fingerprint density at radius 2 is 2.03 bits per heavy atom. The number of amides is 2. The third kappa shape index (κ3) is 8.34. The predicted octanol–water partition coefficient (Wildman–Crippen LogP) is 5.32. The van der Waals surface area contributed by atoms with Gasteiger partial charge in [-0.1, -0.05) is 55.8 Å². The number of unbranched alkanes of at least 4 members (excludes halogenated alkanes) is 1. The maximum Gasteiger partial charge on any atom is 0.317 e. The molecular weight excluding hydrogens is 462 g/mol. The highest BCUT2D eigenvalue weighted by Gasteiger charge is 2.41. The number of likely N-dealkylation sites (N-methyl/N-ethyl adjacent to an activating group) is 1. The molecule has 3 rings (SSSR count). The van der Waals surface area contributed by atoms with Crippen molar-refractivity contribution in [1.29, 1.82) is 0 Å². The van der Waals surface area contributed by atoms with Crippen LogP contribution in [-0.2, 0) is 10.3 Å². The monoisotopic (exact) mass is 507 g/mol. The number of hydrogen-bond acceptors (Lipinski definition) is 4. The molecule has 3 unspecified atom stereocenters. The molecule has 0 bridgehead atoms. The van der Waals surface area contributed by atoms with Gasteiger partial charge in [0.1, 0.15) is 0 Å². The third-order valence-electron chi connectivity index (χ3n) is 8.12. The minimum Gasteiger partial charge on any atom is -0.385 e. The number of carbonyl (C=O) groups excluding carboxylic acids is 1. The normalized spacial score (nSPS) is 21.9. The van der Waals surface area contributed by atoms with Gasteiger partial charge in [-0.2, -0.15) is 0 Å². The van der Waals surface area contributed by atoms with E-state index >= 15 is 0 Å². The van der Waals surface area contributed by atoms with Gasteiger partial charge in [-0.25, -0.2) is 4.79 Å². The molecule has 1 saturated heterocycles. The lowest BCUT2D eigenvalue weighted by atomic mass is 9.74. The first-order valence-corrected chi connectivity index (χ1v) is 14.0. The van der Waals surface area contributed by atoms with Crippen molar-refractivity contribution < 1.29 is 14.6 Å². The van der Waals surface area contributed by atoms with Crippen LogP contribution in [0.1, 0.15) is 76.2 Å². The van der Waals surface area contributed by atoms with Gasteiger partial charge in [-0.15, -0.1) is 0 Å². The molecule has 1 saturated carbocycles. The minimum atomic E-state index is -1.02. The Morgan fingerprint density at radius 3 is 2.74 bits per heavy atom. The summed E-state index contributed by atoms with van der Waals surface area (Å²) in [4.78, 5) is 15.0. The average Bonchev–Trinajstić information content (AvgIpc) is 2.89. The van der Waals surface area contributed by atoms with E-state index < -0.39 is 5.60 Å². The lowest BCUT2D eigenvalue weighted by Gasteiger charge is -2.43. The summed E-state index contributed by atoms with van der Waals surface area (Å²) in [5, 5.41) is 19.2. The second-order valence-corrected chi connectivity index (χ2v) is 11.0. The molecule has 0 spiro atoms. The molecule has 2 amide bonds. The molecule has 198 valence electrons. The van der Waals surface area contributed by atoms with Gasteiger partial charge in [0, 0.05) is 50.3 Å². The standard InChI is InChI=1S/C28H46ClN3O3/c1-30-26(18-22-10-4-3-5-11-22)20-31-27(33)32-16-9-13-24(21-32)28(34,15-6-7-17-35-2)23-12-8-14-25(29)19-23/h8,12,14,19,22,24,26,30,34H,3-7,9-11,13,15-18,20-21H2,1-2H3,(H,31,33). The predicted molar refractivity (Wildman–Crippen MR) is 143 cm³/mol. The fourth-order valence-corrected chi connectivity index (χ4v) is 6.18. The molecule has 6 nitrogen and oxygen atoms in total. The van der Waals surface area contributed by atoms with Crippen molar-refractivity contribution in [3.05, 3.63) is 34.9 Å². The lowest BCUT2D eigenvalue weighted by Crippen LogP contribution is -2.52. The molecule has 1 aliphatic heterocycles. The summed E-state index contributed by atoms with van der Waals surface area (Å²) < 4.78 is 5.21. The van der Waals surface area contributed by atoms with Gasteiger partial charge in [0.15, 0.2) is 0 Å². The van der Waals surface area contributed by atoms with Crippen LogP contribution in [0.25, 0.3) is 0 Å². The molecular formula is C28H46ClN3O3. The Bertz CT molecular complexity index is 774. The molecule has 3 N–H and O–H groups in total. The quantitative estimate of drug-likeness (QED) is 0.334. The summed E-state index contributed by atoms with van der Waals surface area (Å²) in [7, 11) is 3.69. The van der Waals surface area contributed by atoms with Crippen LogP contribution in [0.3, 0.4) is 0 Å². The number of halogens is 1. The number of hydrogen-bond donors (Lipinski definition) is 3. The van der Waals surface area contributed by atoms with Crippen LogP contribution < -0.4 is 10.6 Å². The number of carbonyl (C=O) groups is 1. The van der Waals surface area contributed by atoms with Gasteiger partial charge in [-0.3, -0.25) is 0 Å². The van der Waals surface area contributed by atoms with Crippen LogP contribution >= 0.6 is 11.6 Å². The van der Waals surface area contributed by atoms with E-state index in [-0.39, 0.29) is 11.9 Å². The summed E-state index contributed by atoms with van der Waals surface area (Å²) in [5.41, 5.74) is -0.177. The Labute approximate surface area is 217 Å². The van der Waals surface area contributed by atoms with E-state index in [4.69, 9.17) is 16.3 Å². The molecule has 0 radical (unpaired) electrons. The molecule has 1 aliphatic carbocycles. The first-order chi connectivity index (χ1) is 17.0. The van der Waals surface area contributed by atoms with E-state index in [2.05, 4.69) is 10.6 Å². The number of ether oxygens (including phenoxy) is 1. The van der Waals surface area contributed by atoms with Crippen molar-refractivity contribution in [2.45, 2.75) is 82.3 Å². The first-order valence-electron chi connectivity index (χ1n) is 13.6. The van der Waals surface area contributed by atoms with Gasteiger partial charge >= 0.3 is 6.03 Å². The van der Waals surface area contributed by atoms with Gasteiger partial charge < -0.3 is 25.4 Å². The second-order valence-electron chi connectivity index (χ2n) is 10.6. The Balaban J connectivity index is 1.61. The zero-order chi connectivity index (χ0) is 25.1. The Kier molecular flexibility index (Phi) is 11.6. The molecule has 1 aromatic carbocycles. The Morgan fingerprint density at radius 1 is 1.23 bits per heavy atom. The molecule has 35 heavy (non-hydrogen) atoms. The Hall–Kier alpha value is -1.34. The lowest BCUT2D eigenvalue weighted by molar-refractivity contribution is -0.0563. The summed E-state index contributed by atoms with van der Waals surface area (Å²) in [6.07, 6.45) is 11.9. The van der Waals surface area contributed by atoms with E-state index in [1.54, 1.807) is 7.11 Å². The molecule has 2 aliphatic rings. The molecule has 1 heterocycles. The molecule has 1 aromatic rings. The highest BCUT2D eigenvalue weighted by Crippen LogP contribution is 2.40. The summed E-state index contributed by atoms with van der Waals surface area (Å²) in [6.45, 7) is 2.59. The number of urea groups is 1. The fraction of sp³-hybridized carbons (Fsp3) is 0.750. The summed E-state index contributed by atoms with van der Waals surface area (Å²) in [5.74, 6) is 0.730. The zero-order valence-corrected chi connectivity index (χ0v) is 22.5. The number of benzene rings is 1. The third-order valence-corrected chi connectivity index (χ3v) is 8.35.